The van der Waals surface area contributed by atoms with Crippen LogP contribution in [0.1, 0.15) is 38.7 Å². The number of aryl methyl sites for hydroxylation is 2. The molecular formula is C29H33NO6. The molecule has 0 saturated carbocycles. The molecule has 0 fully saturated rings. The second kappa shape index (κ2) is 10.8. The molecule has 0 saturated heterocycles. The molecule has 0 unspecified atom stereocenters. The number of carbonyl (C=O) groups excluding carboxylic acids is 1. The van der Waals surface area contributed by atoms with Crippen LogP contribution >= 0.6 is 0 Å². The molecule has 190 valence electrons. The van der Waals surface area contributed by atoms with Crippen molar-refractivity contribution in [3.8, 4) is 28.7 Å². The lowest BCUT2D eigenvalue weighted by atomic mass is 9.91. The van der Waals surface area contributed by atoms with Crippen LogP contribution in [0.15, 0.2) is 48.5 Å². The normalized spacial score (nSPS) is 14.6. The molecule has 36 heavy (non-hydrogen) atoms. The Kier molecular flexibility index (Phi) is 7.58. The van der Waals surface area contributed by atoms with Crippen molar-refractivity contribution < 1.29 is 28.5 Å². The Morgan fingerprint density at radius 1 is 0.806 bits per heavy atom. The predicted octanol–water partition coefficient (Wildman–Crippen LogP) is 5.16. The van der Waals surface area contributed by atoms with Crippen molar-refractivity contribution in [2.24, 2.45) is 0 Å². The van der Waals surface area contributed by atoms with Gasteiger partial charge in [-0.2, -0.15) is 0 Å². The van der Waals surface area contributed by atoms with Gasteiger partial charge in [-0.25, -0.2) is 0 Å². The van der Waals surface area contributed by atoms with Gasteiger partial charge in [0.25, 0.3) is 5.91 Å². The molecular weight excluding hydrogens is 458 g/mol. The van der Waals surface area contributed by atoms with Crippen LogP contribution in [0, 0.1) is 13.8 Å². The summed E-state index contributed by atoms with van der Waals surface area (Å²) in [6.07, 6.45) is 0.689. The maximum Gasteiger partial charge on any atom is 0.254 e. The molecule has 0 radical (unpaired) electrons. The van der Waals surface area contributed by atoms with E-state index in [2.05, 4.69) is 6.07 Å². The highest BCUT2D eigenvalue weighted by atomic mass is 16.5. The van der Waals surface area contributed by atoms with Gasteiger partial charge in [0, 0.05) is 12.1 Å². The molecule has 7 heteroatoms. The lowest BCUT2D eigenvalue weighted by Gasteiger charge is -2.37. The van der Waals surface area contributed by atoms with E-state index in [-0.39, 0.29) is 11.9 Å². The van der Waals surface area contributed by atoms with E-state index in [4.69, 9.17) is 23.7 Å². The van der Waals surface area contributed by atoms with Crippen LogP contribution in [0.25, 0.3) is 0 Å². The second-order valence-electron chi connectivity index (χ2n) is 8.87. The smallest absolute Gasteiger partial charge is 0.254 e. The van der Waals surface area contributed by atoms with Gasteiger partial charge in [0.1, 0.15) is 12.4 Å². The van der Waals surface area contributed by atoms with E-state index in [0.29, 0.717) is 48.1 Å². The van der Waals surface area contributed by atoms with E-state index in [1.165, 1.54) is 0 Å². The van der Waals surface area contributed by atoms with Crippen LogP contribution in [0.4, 0.5) is 0 Å². The number of hydrogen-bond donors (Lipinski definition) is 0. The zero-order valence-electron chi connectivity index (χ0n) is 21.7. The van der Waals surface area contributed by atoms with E-state index < -0.39 is 0 Å². The molecule has 0 spiro atoms. The first-order valence-electron chi connectivity index (χ1n) is 11.9. The SMILES string of the molecule is COc1ccc(C(=O)N2CCc3cc(OC)c(OC)cc3[C@@H]2COc2cc(C)cc(C)c2)cc1OC. The average molecular weight is 492 g/mol. The molecule has 0 bridgehead atoms. The molecule has 4 rings (SSSR count). The van der Waals surface area contributed by atoms with Gasteiger partial charge in [-0.3, -0.25) is 4.79 Å². The zero-order valence-corrected chi connectivity index (χ0v) is 21.7. The number of hydrogen-bond acceptors (Lipinski definition) is 6. The predicted molar refractivity (Wildman–Crippen MR) is 138 cm³/mol. The van der Waals surface area contributed by atoms with Crippen molar-refractivity contribution in [3.63, 3.8) is 0 Å². The van der Waals surface area contributed by atoms with Crippen molar-refractivity contribution >= 4 is 5.91 Å². The largest absolute Gasteiger partial charge is 0.493 e. The van der Waals surface area contributed by atoms with Gasteiger partial charge in [0.05, 0.1) is 34.5 Å². The van der Waals surface area contributed by atoms with E-state index in [1.807, 2.05) is 43.0 Å². The third-order valence-corrected chi connectivity index (χ3v) is 6.50. The van der Waals surface area contributed by atoms with E-state index in [9.17, 15) is 4.79 Å². The third-order valence-electron chi connectivity index (χ3n) is 6.50. The van der Waals surface area contributed by atoms with Gasteiger partial charge in [0.2, 0.25) is 0 Å². The maximum absolute atomic E-state index is 13.8. The van der Waals surface area contributed by atoms with Crippen LogP contribution in [0.3, 0.4) is 0 Å². The topological polar surface area (TPSA) is 66.5 Å². The second-order valence-corrected chi connectivity index (χ2v) is 8.87. The number of rotatable bonds is 8. The number of amides is 1. The fourth-order valence-corrected chi connectivity index (χ4v) is 4.78. The number of methoxy groups -OCH3 is 4. The fraction of sp³-hybridized carbons (Fsp3) is 0.345. The fourth-order valence-electron chi connectivity index (χ4n) is 4.78. The highest BCUT2D eigenvalue weighted by Gasteiger charge is 2.33. The summed E-state index contributed by atoms with van der Waals surface area (Å²) in [5, 5.41) is 0. The molecule has 1 amide bonds. The summed E-state index contributed by atoms with van der Waals surface area (Å²) in [6, 6.07) is 15.0. The quantitative estimate of drug-likeness (QED) is 0.434. The molecule has 1 atom stereocenters. The number of benzene rings is 3. The molecule has 0 aliphatic carbocycles. The standard InChI is InChI=1S/C29H33NO6/c1-18-11-19(2)13-22(12-18)36-17-24-23-16-28(35-6)27(34-5)14-20(23)9-10-30(24)29(31)21-7-8-25(32-3)26(15-21)33-4/h7-8,11-16,24H,9-10,17H2,1-6H3/t24-/m0/s1. The van der Waals surface area contributed by atoms with Gasteiger partial charge in [0.15, 0.2) is 23.0 Å². The summed E-state index contributed by atoms with van der Waals surface area (Å²) >= 11 is 0. The van der Waals surface area contributed by atoms with Crippen molar-refractivity contribution in [2.45, 2.75) is 26.3 Å². The Morgan fingerprint density at radius 3 is 2.06 bits per heavy atom. The van der Waals surface area contributed by atoms with E-state index in [1.54, 1.807) is 46.6 Å². The van der Waals surface area contributed by atoms with Crippen LogP contribution in [-0.4, -0.2) is 52.4 Å². The minimum Gasteiger partial charge on any atom is -0.493 e. The molecule has 7 nitrogen and oxygen atoms in total. The van der Waals surface area contributed by atoms with E-state index in [0.717, 1.165) is 28.0 Å². The van der Waals surface area contributed by atoms with Crippen molar-refractivity contribution in [3.05, 3.63) is 76.3 Å². The first-order chi connectivity index (χ1) is 17.4. The number of ether oxygens (including phenoxy) is 5. The summed E-state index contributed by atoms with van der Waals surface area (Å²) in [5.41, 5.74) is 4.86. The molecule has 0 aromatic heterocycles. The number of fused-ring (bicyclic) bond motifs is 1. The Balaban J connectivity index is 1.72. The van der Waals surface area contributed by atoms with Gasteiger partial charge >= 0.3 is 0 Å². The molecule has 3 aromatic rings. The van der Waals surface area contributed by atoms with Crippen molar-refractivity contribution in [2.75, 3.05) is 41.6 Å². The average Bonchev–Trinajstić information content (AvgIpc) is 2.89. The van der Waals surface area contributed by atoms with Gasteiger partial charge in [-0.1, -0.05) is 6.07 Å². The maximum atomic E-state index is 13.8. The highest BCUT2D eigenvalue weighted by Crippen LogP contribution is 2.39. The Hall–Kier alpha value is -3.87. The minimum atomic E-state index is -0.324. The van der Waals surface area contributed by atoms with Crippen LogP contribution < -0.4 is 23.7 Å². The molecule has 1 heterocycles. The van der Waals surface area contributed by atoms with Crippen LogP contribution in [0.5, 0.6) is 28.7 Å². The molecule has 0 N–H and O–H groups in total. The van der Waals surface area contributed by atoms with E-state index >= 15 is 0 Å². The summed E-state index contributed by atoms with van der Waals surface area (Å²) in [7, 11) is 6.37. The summed E-state index contributed by atoms with van der Waals surface area (Å²) in [6.45, 7) is 4.92. The Bertz CT molecular complexity index is 1230. The van der Waals surface area contributed by atoms with Crippen molar-refractivity contribution in [1.29, 1.82) is 0 Å². The van der Waals surface area contributed by atoms with Gasteiger partial charge < -0.3 is 28.6 Å². The van der Waals surface area contributed by atoms with Crippen LogP contribution in [0.2, 0.25) is 0 Å². The lowest BCUT2D eigenvalue weighted by Crippen LogP contribution is -2.42. The zero-order chi connectivity index (χ0) is 25.8. The first-order valence-corrected chi connectivity index (χ1v) is 11.9. The monoisotopic (exact) mass is 491 g/mol. The minimum absolute atomic E-state index is 0.106. The third kappa shape index (κ3) is 5.05. The lowest BCUT2D eigenvalue weighted by molar-refractivity contribution is 0.0588. The van der Waals surface area contributed by atoms with Gasteiger partial charge in [-0.15, -0.1) is 0 Å². The summed E-state index contributed by atoms with van der Waals surface area (Å²) in [5.74, 6) is 3.04. The number of nitrogens with zero attached hydrogens (tertiary/aromatic N) is 1. The first kappa shape index (κ1) is 25.2. The summed E-state index contributed by atoms with van der Waals surface area (Å²) in [4.78, 5) is 15.7. The summed E-state index contributed by atoms with van der Waals surface area (Å²) < 4.78 is 28.2. The Labute approximate surface area is 212 Å². The highest BCUT2D eigenvalue weighted by molar-refractivity contribution is 5.95. The van der Waals surface area contributed by atoms with Crippen molar-refractivity contribution in [1.82, 2.24) is 4.90 Å². The Morgan fingerprint density at radius 2 is 1.42 bits per heavy atom. The molecule has 1 aliphatic heterocycles. The van der Waals surface area contributed by atoms with Gasteiger partial charge in [-0.05, 0) is 85.0 Å². The molecule has 1 aliphatic rings. The molecule has 3 aromatic carbocycles. The van der Waals surface area contributed by atoms with Crippen LogP contribution in [-0.2, 0) is 6.42 Å². The number of carbonyl (C=O) groups is 1.